The SMILES string of the molecule is CNC(=O)C[C@@H]1NC(=O)c2csc(n2)-c2ccc(-c3nc(N(Cc4ccnc(C(=O)O)c4)C(=O)C4CCC(C(=O)O)CC4)cs3)nc2-c2csc(n2)-c2csc(n2)[C@H]([C@@H](C)c2ccccc2)NC(=O)CNC(=O)c2nc(sc2COC)C(C(C)C)CC(=O)c2nc1sc2C. The summed E-state index contributed by atoms with van der Waals surface area (Å²) in [6.07, 6.45) is 2.43. The first-order chi connectivity index (χ1) is 45.2. The number of amides is 5. The lowest BCUT2D eigenvalue weighted by molar-refractivity contribution is -0.144. The summed E-state index contributed by atoms with van der Waals surface area (Å²) in [4.78, 5) is 150. The number of aromatic nitrogens is 8. The van der Waals surface area contributed by atoms with Gasteiger partial charge in [0, 0.05) is 76.5 Å². The Kier molecular flexibility index (Phi) is 20.7. The molecule has 0 radical (unpaired) electrons. The third kappa shape index (κ3) is 14.9. The Morgan fingerprint density at radius 3 is 2.15 bits per heavy atom. The summed E-state index contributed by atoms with van der Waals surface area (Å²) in [5.74, 6) is -6.59. The molecule has 11 rings (SSSR count). The fourth-order valence-corrected chi connectivity index (χ4v) is 16.8. The zero-order valence-electron chi connectivity index (χ0n) is 51.5. The van der Waals surface area contributed by atoms with Gasteiger partial charge in [0.2, 0.25) is 17.7 Å². The second-order valence-electron chi connectivity index (χ2n) is 22.9. The number of ether oxygens (including phenoxy) is 1. The number of hydrogen-bond acceptors (Lipinski definition) is 23. The summed E-state index contributed by atoms with van der Waals surface area (Å²) in [6, 6.07) is 14.5. The Bertz CT molecular complexity index is 4340. The average Bonchev–Trinajstić information content (AvgIpc) is 1.56. The molecule has 1 aliphatic carbocycles. The highest BCUT2D eigenvalue weighted by Crippen LogP contribution is 2.42. The number of fused-ring (bicyclic) bond motifs is 14. The predicted molar refractivity (Wildman–Crippen MR) is 357 cm³/mol. The van der Waals surface area contributed by atoms with Crippen molar-refractivity contribution in [3.63, 3.8) is 0 Å². The third-order valence-electron chi connectivity index (χ3n) is 16.3. The number of nitrogens with one attached hydrogen (secondary N) is 4. The van der Waals surface area contributed by atoms with Gasteiger partial charge in [-0.2, -0.15) is 0 Å². The number of rotatable bonds is 14. The lowest BCUT2D eigenvalue weighted by atomic mass is 9.81. The first kappa shape index (κ1) is 66.7. The van der Waals surface area contributed by atoms with Crippen LogP contribution in [0.4, 0.5) is 5.82 Å². The van der Waals surface area contributed by atoms with E-state index in [2.05, 4.69) is 26.3 Å². The second-order valence-corrected chi connectivity index (χ2v) is 28.8. The monoisotopic (exact) mass is 1380 g/mol. The maximum absolute atomic E-state index is 14.6. The maximum Gasteiger partial charge on any atom is 0.354 e. The van der Waals surface area contributed by atoms with Crippen molar-refractivity contribution < 1.29 is 53.3 Å². The molecule has 8 aromatic heterocycles. The van der Waals surface area contributed by atoms with Crippen molar-refractivity contribution in [2.45, 2.75) is 103 Å². The van der Waals surface area contributed by atoms with Crippen LogP contribution in [0.2, 0.25) is 0 Å². The fraction of sp³-hybridized carbons (Fsp3) is 0.344. The number of Topliss-reactive ketones (excluding diaryl/α,β-unsaturated/α-hetero) is 1. The van der Waals surface area contributed by atoms with Gasteiger partial charge in [-0.05, 0) is 73.9 Å². The van der Waals surface area contributed by atoms with E-state index in [1.165, 1.54) is 99.3 Å². The van der Waals surface area contributed by atoms with E-state index in [1.54, 1.807) is 35.9 Å². The Morgan fingerprint density at radius 2 is 1.41 bits per heavy atom. The number of aromatic carboxylic acids is 1. The third-order valence-corrected chi connectivity index (χ3v) is 22.1. The number of nitrogens with zero attached hydrogens (tertiary/aromatic N) is 9. The summed E-state index contributed by atoms with van der Waals surface area (Å²) in [6.45, 7) is 7.21. The molecule has 0 saturated heterocycles. The van der Waals surface area contributed by atoms with Gasteiger partial charge in [0.15, 0.2) is 5.78 Å². The highest BCUT2D eigenvalue weighted by atomic mass is 32.1. The maximum atomic E-state index is 14.6. The topological polar surface area (TPSA) is 341 Å². The van der Waals surface area contributed by atoms with E-state index in [-0.39, 0.29) is 78.1 Å². The van der Waals surface area contributed by atoms with Gasteiger partial charge in [0.25, 0.3) is 11.8 Å². The van der Waals surface area contributed by atoms with E-state index in [0.717, 1.165) is 5.56 Å². The minimum absolute atomic E-state index is 0.0189. The van der Waals surface area contributed by atoms with Gasteiger partial charge in [0.05, 0.1) is 59.7 Å². The van der Waals surface area contributed by atoms with Crippen molar-refractivity contribution in [1.82, 2.24) is 61.1 Å². The second kappa shape index (κ2) is 29.2. The Morgan fingerprint density at radius 1 is 0.713 bits per heavy atom. The highest BCUT2D eigenvalue weighted by Gasteiger charge is 2.36. The van der Waals surface area contributed by atoms with Crippen LogP contribution in [0.1, 0.15) is 161 Å². The number of aliphatic carboxylic acids is 1. The minimum Gasteiger partial charge on any atom is -0.481 e. The number of carboxylic acid groups (broad SMARTS) is 2. The van der Waals surface area contributed by atoms with Crippen LogP contribution in [0, 0.1) is 24.7 Å². The van der Waals surface area contributed by atoms with Crippen molar-refractivity contribution in [2.24, 2.45) is 17.8 Å². The molecule has 9 aromatic rings. The Balaban J connectivity index is 0.991. The van der Waals surface area contributed by atoms with Crippen LogP contribution < -0.4 is 26.2 Å². The van der Waals surface area contributed by atoms with Gasteiger partial charge in [-0.1, -0.05) is 51.1 Å². The highest BCUT2D eigenvalue weighted by molar-refractivity contribution is 7.15. The summed E-state index contributed by atoms with van der Waals surface area (Å²) < 4.78 is 5.51. The van der Waals surface area contributed by atoms with E-state index in [4.69, 9.17) is 39.6 Å². The quantitative estimate of drug-likeness (QED) is 0.0589. The lowest BCUT2D eigenvalue weighted by Crippen LogP contribution is -2.40. The predicted octanol–water partition coefficient (Wildman–Crippen LogP) is 10.8. The first-order valence-electron chi connectivity index (χ1n) is 29.9. The molecule has 1 fully saturated rings. The van der Waals surface area contributed by atoms with Crippen LogP contribution in [0.3, 0.4) is 0 Å². The number of ketones is 1. The van der Waals surface area contributed by atoms with Crippen molar-refractivity contribution in [2.75, 3.05) is 25.6 Å². The van der Waals surface area contributed by atoms with Crippen LogP contribution in [0.15, 0.2) is 82.3 Å². The van der Waals surface area contributed by atoms with Gasteiger partial charge in [0.1, 0.15) is 70.7 Å². The number of methoxy groups -OCH3 is 1. The number of pyridine rings is 2. The minimum atomic E-state index is -1.24. The number of carbonyl (C=O) groups is 8. The summed E-state index contributed by atoms with van der Waals surface area (Å²) in [5, 5.41) is 40.7. The van der Waals surface area contributed by atoms with Crippen LogP contribution >= 0.6 is 68.0 Å². The molecular weight excluding hydrogens is 1320 g/mol. The number of benzene rings is 1. The zero-order valence-corrected chi connectivity index (χ0v) is 56.4. The molecule has 6 N–H and O–H groups in total. The molecule has 5 amide bonds. The number of anilines is 1. The standard InChI is InChI=1S/C64H63N13O11S6/c1-30(2)38-21-45(78)51-32(4)93-60(75-51)40(22-48(79)65-5)69-54(81)43-27-89-56(71-43)37-16-17-39(58-73-47(29-92-58)77(24-33-18-19-66-41(20-33)64(86)87)62(83)35-12-14-36(15-13-35)63(84)85)68-52(37)42-26-90-59(70-42)44-28-91-61(72-44)50(31(3)34-10-8-7-9-11-34)74-49(80)23-67-55(82)53-46(25-88-6)94-57(38)76-53/h7-11,16-20,26-31,35-36,38,40,50H,12-15,21-25H2,1-6H3,(H,65,79)(H,67,82)(H,69,81)(H,74,80)(H,84,85)(H,86,87)/t31-,35?,36?,38?,40-,50-/m0/s1. The summed E-state index contributed by atoms with van der Waals surface area (Å²) >= 11 is 7.44. The van der Waals surface area contributed by atoms with Crippen LogP contribution in [-0.2, 0) is 37.1 Å². The molecule has 9 heterocycles. The molecule has 4 atom stereocenters. The molecule has 24 nitrogen and oxygen atoms in total. The van der Waals surface area contributed by atoms with E-state index in [0.29, 0.717) is 99.4 Å². The number of carboxylic acids is 2. The van der Waals surface area contributed by atoms with E-state index >= 15 is 0 Å². The van der Waals surface area contributed by atoms with Crippen molar-refractivity contribution in [1.29, 1.82) is 0 Å². The molecule has 1 saturated carbocycles. The van der Waals surface area contributed by atoms with Crippen LogP contribution in [0.5, 0.6) is 0 Å². The molecule has 486 valence electrons. The van der Waals surface area contributed by atoms with Gasteiger partial charge in [-0.15, -0.1) is 68.0 Å². The molecular formula is C64H63N13O11S6. The lowest BCUT2D eigenvalue weighted by Gasteiger charge is -2.30. The number of thiazole rings is 6. The molecule has 30 heteroatoms. The van der Waals surface area contributed by atoms with Crippen molar-refractivity contribution in [3.05, 3.63) is 141 Å². The van der Waals surface area contributed by atoms with Crippen molar-refractivity contribution >= 4 is 121 Å². The normalized spacial score (nSPS) is 18.4. The fourth-order valence-electron chi connectivity index (χ4n) is 11.1. The average molecular weight is 1380 g/mol. The van der Waals surface area contributed by atoms with Crippen LogP contribution in [-0.4, -0.2) is 118 Å². The van der Waals surface area contributed by atoms with Crippen molar-refractivity contribution in [3.8, 4) is 43.4 Å². The molecule has 1 unspecified atom stereocenters. The Labute approximate surface area is 562 Å². The van der Waals surface area contributed by atoms with E-state index < -0.39 is 71.9 Å². The van der Waals surface area contributed by atoms with Gasteiger partial charge >= 0.3 is 11.9 Å². The van der Waals surface area contributed by atoms with E-state index in [9.17, 15) is 48.6 Å². The molecule has 94 heavy (non-hydrogen) atoms. The number of aryl methyl sites for hydroxylation is 1. The number of carbonyl (C=O) groups excluding carboxylic acids is 6. The molecule has 0 spiro atoms. The van der Waals surface area contributed by atoms with Gasteiger partial charge in [-0.25, -0.2) is 44.7 Å². The summed E-state index contributed by atoms with van der Waals surface area (Å²) in [7, 11) is 2.98. The van der Waals surface area contributed by atoms with Gasteiger partial charge in [-0.3, -0.25) is 38.5 Å². The zero-order chi connectivity index (χ0) is 66.5. The smallest absolute Gasteiger partial charge is 0.354 e. The summed E-state index contributed by atoms with van der Waals surface area (Å²) in [5.41, 5.74) is 3.59. The first-order valence-corrected chi connectivity index (χ1v) is 35.1. The van der Waals surface area contributed by atoms with E-state index in [1.807, 2.05) is 61.9 Å². The van der Waals surface area contributed by atoms with Crippen LogP contribution in [0.25, 0.3) is 43.4 Å². The molecule has 1 aromatic carbocycles. The molecule has 1 aliphatic heterocycles. The molecule has 10 bridgehead atoms. The Hall–Kier alpha value is -8.78. The number of hydrogen-bond donors (Lipinski definition) is 6. The van der Waals surface area contributed by atoms with Gasteiger partial charge < -0.3 is 36.2 Å². The molecule has 2 aliphatic rings. The largest absolute Gasteiger partial charge is 0.481 e.